The van der Waals surface area contributed by atoms with Crippen LogP contribution in [0.5, 0.6) is 11.6 Å². The van der Waals surface area contributed by atoms with Crippen molar-refractivity contribution in [3.05, 3.63) is 44.0 Å². The number of nitrogens with zero attached hydrogens (tertiary/aromatic N) is 3. The summed E-state index contributed by atoms with van der Waals surface area (Å²) in [5.41, 5.74) is -0.107. The highest BCUT2D eigenvalue weighted by molar-refractivity contribution is 9.10. The maximum Gasteiger partial charge on any atom is 0.287 e. The average Bonchev–Trinajstić information content (AvgIpc) is 2.44. The van der Waals surface area contributed by atoms with Gasteiger partial charge in [-0.2, -0.15) is 4.98 Å². The van der Waals surface area contributed by atoms with Gasteiger partial charge >= 0.3 is 0 Å². The van der Waals surface area contributed by atoms with Gasteiger partial charge in [0, 0.05) is 12.6 Å². The molecule has 110 valence electrons. The second-order valence-corrected chi connectivity index (χ2v) is 5.03. The Kier molecular flexibility index (Phi) is 4.92. The van der Waals surface area contributed by atoms with Crippen molar-refractivity contribution >= 4 is 39.2 Å². The molecule has 9 heteroatoms. The van der Waals surface area contributed by atoms with Crippen LogP contribution < -0.4 is 10.1 Å². The molecule has 0 bridgehead atoms. The van der Waals surface area contributed by atoms with E-state index >= 15 is 0 Å². The summed E-state index contributed by atoms with van der Waals surface area (Å²) in [7, 11) is 0. The second-order valence-electron chi connectivity index (χ2n) is 3.83. The topological polar surface area (TPSA) is 90.2 Å². The van der Waals surface area contributed by atoms with Crippen LogP contribution in [-0.4, -0.2) is 21.4 Å². The van der Waals surface area contributed by atoms with Crippen LogP contribution in [0.3, 0.4) is 0 Å². The fraction of sp³-hybridized carbons (Fsp3) is 0.167. The van der Waals surface area contributed by atoms with Crippen molar-refractivity contribution in [2.45, 2.75) is 6.92 Å². The molecule has 7 nitrogen and oxygen atoms in total. The highest BCUT2D eigenvalue weighted by atomic mass is 79.9. The van der Waals surface area contributed by atoms with Gasteiger partial charge in [-0.15, -0.1) is 0 Å². The molecule has 0 aliphatic carbocycles. The first-order valence-electron chi connectivity index (χ1n) is 5.90. The summed E-state index contributed by atoms with van der Waals surface area (Å²) in [5, 5.41) is 14.0. The minimum atomic E-state index is -0.511. The number of nitro groups is 1. The molecule has 0 atom stereocenters. The first-order chi connectivity index (χ1) is 10.0. The number of ether oxygens (including phenoxy) is 1. The summed E-state index contributed by atoms with van der Waals surface area (Å²) in [5.74, 6) is 0.717. The van der Waals surface area contributed by atoms with Crippen LogP contribution in [0.4, 0.5) is 11.6 Å². The molecule has 0 saturated carbocycles. The lowest BCUT2D eigenvalue weighted by Gasteiger charge is -2.09. The lowest BCUT2D eigenvalue weighted by molar-refractivity contribution is -0.385. The Morgan fingerprint density at radius 3 is 2.95 bits per heavy atom. The van der Waals surface area contributed by atoms with Gasteiger partial charge in [-0.05, 0) is 28.9 Å². The predicted molar refractivity (Wildman–Crippen MR) is 82.1 cm³/mol. The Morgan fingerprint density at radius 2 is 2.29 bits per heavy atom. The number of rotatable bonds is 5. The lowest BCUT2D eigenvalue weighted by atomic mass is 10.3. The smallest absolute Gasteiger partial charge is 0.287 e. The van der Waals surface area contributed by atoms with Gasteiger partial charge in [0.05, 0.1) is 11.1 Å². The van der Waals surface area contributed by atoms with Gasteiger partial charge in [0.25, 0.3) is 5.69 Å². The van der Waals surface area contributed by atoms with Crippen molar-refractivity contribution < 1.29 is 9.66 Å². The third kappa shape index (κ3) is 3.59. The summed E-state index contributed by atoms with van der Waals surface area (Å²) < 4.78 is 5.76. The van der Waals surface area contributed by atoms with Gasteiger partial charge in [-0.1, -0.05) is 17.7 Å². The standard InChI is InChI=1S/C12H10BrClN4O3/c1-2-15-12-16-6-7(14)11(17-12)21-9-5-3-4-8(10(9)13)18(19)20/h3-6H,2H2,1H3,(H,15,16,17). The Labute approximate surface area is 133 Å². The molecule has 1 aromatic heterocycles. The Bertz CT molecular complexity index is 684. The first-order valence-corrected chi connectivity index (χ1v) is 7.07. The molecular formula is C12H10BrClN4O3. The number of hydrogen-bond acceptors (Lipinski definition) is 6. The predicted octanol–water partition coefficient (Wildman–Crippen LogP) is 4.02. The summed E-state index contributed by atoms with van der Waals surface area (Å²) in [6.45, 7) is 2.54. The minimum absolute atomic E-state index is 0.107. The van der Waals surface area contributed by atoms with E-state index in [1.807, 2.05) is 6.92 Å². The number of anilines is 1. The Balaban J connectivity index is 2.36. The van der Waals surface area contributed by atoms with Gasteiger partial charge in [-0.3, -0.25) is 10.1 Å². The Hall–Kier alpha value is -1.93. The average molecular weight is 374 g/mol. The maximum atomic E-state index is 10.9. The van der Waals surface area contributed by atoms with E-state index in [1.165, 1.54) is 18.3 Å². The van der Waals surface area contributed by atoms with Crippen molar-refractivity contribution in [3.8, 4) is 11.6 Å². The van der Waals surface area contributed by atoms with Gasteiger partial charge < -0.3 is 10.1 Å². The molecule has 1 aromatic carbocycles. The van der Waals surface area contributed by atoms with Gasteiger partial charge in [0.15, 0.2) is 5.75 Å². The molecule has 0 aliphatic heterocycles. The van der Waals surface area contributed by atoms with Crippen LogP contribution >= 0.6 is 27.5 Å². The quantitative estimate of drug-likeness (QED) is 0.628. The fourth-order valence-electron chi connectivity index (χ4n) is 1.49. The Morgan fingerprint density at radius 1 is 1.52 bits per heavy atom. The van der Waals surface area contributed by atoms with Crippen LogP contribution in [0.1, 0.15) is 6.92 Å². The normalized spacial score (nSPS) is 10.2. The lowest BCUT2D eigenvalue weighted by Crippen LogP contribution is -2.03. The van der Waals surface area contributed by atoms with Crippen molar-refractivity contribution in [1.82, 2.24) is 9.97 Å². The molecule has 1 heterocycles. The summed E-state index contributed by atoms with van der Waals surface area (Å²) >= 11 is 9.12. The summed E-state index contributed by atoms with van der Waals surface area (Å²) in [4.78, 5) is 18.5. The molecule has 0 saturated heterocycles. The highest BCUT2D eigenvalue weighted by Crippen LogP contribution is 2.37. The number of aromatic nitrogens is 2. The molecular weight excluding hydrogens is 364 g/mol. The molecule has 0 radical (unpaired) electrons. The van der Waals surface area contributed by atoms with Crippen LogP contribution in [0, 0.1) is 10.1 Å². The van der Waals surface area contributed by atoms with Crippen molar-refractivity contribution in [3.63, 3.8) is 0 Å². The first kappa shape index (κ1) is 15.5. The van der Waals surface area contributed by atoms with Gasteiger partial charge in [-0.25, -0.2) is 4.98 Å². The molecule has 0 spiro atoms. The van der Waals surface area contributed by atoms with E-state index in [1.54, 1.807) is 6.07 Å². The molecule has 2 rings (SSSR count). The zero-order valence-corrected chi connectivity index (χ0v) is 13.2. The molecule has 0 unspecified atom stereocenters. The van der Waals surface area contributed by atoms with Crippen LogP contribution in [-0.2, 0) is 0 Å². The number of benzene rings is 1. The number of nitrogens with one attached hydrogen (secondary N) is 1. The van der Waals surface area contributed by atoms with E-state index in [0.717, 1.165) is 0 Å². The van der Waals surface area contributed by atoms with E-state index in [0.29, 0.717) is 12.5 Å². The molecule has 1 N–H and O–H groups in total. The summed E-state index contributed by atoms with van der Waals surface area (Å²) in [6, 6.07) is 4.45. The van der Waals surface area contributed by atoms with Gasteiger partial charge in [0.1, 0.15) is 9.50 Å². The zero-order chi connectivity index (χ0) is 15.4. The van der Waals surface area contributed by atoms with Crippen LogP contribution in [0.25, 0.3) is 0 Å². The van der Waals surface area contributed by atoms with Crippen molar-refractivity contribution in [2.24, 2.45) is 0 Å². The van der Waals surface area contributed by atoms with Crippen molar-refractivity contribution in [1.29, 1.82) is 0 Å². The molecule has 21 heavy (non-hydrogen) atoms. The zero-order valence-electron chi connectivity index (χ0n) is 10.8. The monoisotopic (exact) mass is 372 g/mol. The minimum Gasteiger partial charge on any atom is -0.436 e. The fourth-order valence-corrected chi connectivity index (χ4v) is 2.11. The maximum absolute atomic E-state index is 10.9. The molecule has 0 amide bonds. The molecule has 0 fully saturated rings. The van der Waals surface area contributed by atoms with E-state index in [9.17, 15) is 10.1 Å². The summed E-state index contributed by atoms with van der Waals surface area (Å²) in [6.07, 6.45) is 1.40. The third-order valence-corrected chi connectivity index (χ3v) is 3.45. The van der Waals surface area contributed by atoms with E-state index in [2.05, 4.69) is 31.2 Å². The third-order valence-electron chi connectivity index (χ3n) is 2.39. The van der Waals surface area contributed by atoms with Crippen molar-refractivity contribution in [2.75, 3.05) is 11.9 Å². The van der Waals surface area contributed by atoms with E-state index < -0.39 is 4.92 Å². The van der Waals surface area contributed by atoms with Crippen LogP contribution in [0.15, 0.2) is 28.9 Å². The van der Waals surface area contributed by atoms with E-state index in [-0.39, 0.29) is 26.8 Å². The molecule has 2 aromatic rings. The second kappa shape index (κ2) is 6.68. The van der Waals surface area contributed by atoms with Crippen LogP contribution in [0.2, 0.25) is 5.02 Å². The highest BCUT2D eigenvalue weighted by Gasteiger charge is 2.18. The largest absolute Gasteiger partial charge is 0.436 e. The number of halogens is 2. The molecule has 0 aliphatic rings. The number of nitro benzene ring substituents is 1. The van der Waals surface area contributed by atoms with Gasteiger partial charge in [0.2, 0.25) is 11.8 Å². The SMILES string of the molecule is CCNc1ncc(Cl)c(Oc2cccc([N+](=O)[O-])c2Br)n1. The van der Waals surface area contributed by atoms with E-state index in [4.69, 9.17) is 16.3 Å². The number of hydrogen-bond donors (Lipinski definition) is 1.